The van der Waals surface area contributed by atoms with Gasteiger partial charge in [0.05, 0.1) is 19.4 Å². The number of nitrogens with zero attached hydrogens (tertiary/aromatic N) is 1. The van der Waals surface area contributed by atoms with Crippen LogP contribution in [0.1, 0.15) is 0 Å². The van der Waals surface area contributed by atoms with Crippen LogP contribution in [0.15, 0.2) is 54.1 Å². The number of rotatable bonds is 8. The van der Waals surface area contributed by atoms with Crippen LogP contribution in [-0.2, 0) is 9.53 Å². The number of benzene rings is 1. The molecule has 0 aliphatic rings. The van der Waals surface area contributed by atoms with Crippen molar-refractivity contribution in [2.75, 3.05) is 25.6 Å². The number of aromatic nitrogens is 1. The van der Waals surface area contributed by atoms with Crippen LogP contribution < -0.4 is 10.1 Å². The third kappa shape index (κ3) is 4.68. The van der Waals surface area contributed by atoms with Crippen LogP contribution in [0.4, 0.5) is 5.13 Å². The normalized spacial score (nSPS) is 11.0. The number of methoxy groups -OCH3 is 1. The molecule has 6 nitrogen and oxygen atoms in total. The van der Waals surface area contributed by atoms with Crippen LogP contribution in [0.5, 0.6) is 5.75 Å². The van der Waals surface area contributed by atoms with Gasteiger partial charge in [0.15, 0.2) is 10.9 Å². The van der Waals surface area contributed by atoms with Crippen molar-refractivity contribution in [2.45, 2.75) is 0 Å². The van der Waals surface area contributed by atoms with Crippen molar-refractivity contribution in [3.05, 3.63) is 54.1 Å². The minimum absolute atomic E-state index is 0.0271. The number of allylic oxidation sites excluding steroid dienone is 2. The zero-order chi connectivity index (χ0) is 17.4. The number of amides is 1. The Labute approximate surface area is 144 Å². The predicted octanol–water partition coefficient (Wildman–Crippen LogP) is 2.84. The highest BCUT2D eigenvalue weighted by Crippen LogP contribution is 2.26. The van der Waals surface area contributed by atoms with Crippen LogP contribution in [0, 0.1) is 0 Å². The van der Waals surface area contributed by atoms with Gasteiger partial charge in [0.1, 0.15) is 12.4 Å². The average Bonchev–Trinajstić information content (AvgIpc) is 3.06. The summed E-state index contributed by atoms with van der Waals surface area (Å²) in [6, 6.07) is 7.34. The maximum atomic E-state index is 12.0. The summed E-state index contributed by atoms with van der Waals surface area (Å²) in [7, 11) is 1.42. The first-order valence-electron chi connectivity index (χ1n) is 7.15. The number of aliphatic hydroxyl groups excluding tert-OH is 1. The van der Waals surface area contributed by atoms with Gasteiger partial charge in [-0.05, 0) is 30.3 Å². The molecule has 0 aliphatic carbocycles. The molecule has 7 heteroatoms. The Morgan fingerprint density at radius 2 is 2.17 bits per heavy atom. The topological polar surface area (TPSA) is 80.7 Å². The lowest BCUT2D eigenvalue weighted by atomic mass is 10.2. The molecule has 0 aliphatic heterocycles. The summed E-state index contributed by atoms with van der Waals surface area (Å²) in [4.78, 5) is 16.4. The molecule has 0 radical (unpaired) electrons. The van der Waals surface area contributed by atoms with Crippen molar-refractivity contribution in [1.82, 2.24) is 4.98 Å². The van der Waals surface area contributed by atoms with Crippen molar-refractivity contribution in [2.24, 2.45) is 0 Å². The summed E-state index contributed by atoms with van der Waals surface area (Å²) in [6.45, 7) is 3.76. The molecule has 2 rings (SSSR count). The number of carbonyl (C=O) groups excluding carboxylic acids is 1. The van der Waals surface area contributed by atoms with Crippen LogP contribution in [-0.4, -0.2) is 36.3 Å². The van der Waals surface area contributed by atoms with Gasteiger partial charge >= 0.3 is 0 Å². The maximum Gasteiger partial charge on any atom is 0.292 e. The number of hydrogen-bond acceptors (Lipinski definition) is 6. The lowest BCUT2D eigenvalue weighted by Gasteiger charge is -2.05. The molecule has 1 aromatic carbocycles. The van der Waals surface area contributed by atoms with Crippen molar-refractivity contribution in [1.29, 1.82) is 0 Å². The maximum absolute atomic E-state index is 12.0. The second kappa shape index (κ2) is 8.85. The smallest absolute Gasteiger partial charge is 0.292 e. The standard InChI is InChI=1S/C17H18N2O4S/c1-3-4-15(22-2)16(21)19-17-18-14(11-24-17)12-5-7-13(8-6-12)23-10-9-20/h3-8,11,20H,1,9-10H2,2H3,(H,18,19,21)/b15-4-. The Kier molecular flexibility index (Phi) is 6.53. The van der Waals surface area contributed by atoms with E-state index < -0.39 is 0 Å². The van der Waals surface area contributed by atoms with E-state index >= 15 is 0 Å². The van der Waals surface area contributed by atoms with Crippen molar-refractivity contribution in [3.63, 3.8) is 0 Å². The summed E-state index contributed by atoms with van der Waals surface area (Å²) in [6.07, 6.45) is 2.96. The van der Waals surface area contributed by atoms with Gasteiger partial charge in [0, 0.05) is 10.9 Å². The summed E-state index contributed by atoms with van der Waals surface area (Å²) < 4.78 is 10.3. The Morgan fingerprint density at radius 1 is 1.42 bits per heavy atom. The minimum Gasteiger partial charge on any atom is -0.491 e. The first-order valence-corrected chi connectivity index (χ1v) is 8.03. The van der Waals surface area contributed by atoms with Crippen LogP contribution in [0.3, 0.4) is 0 Å². The molecule has 1 heterocycles. The fraction of sp³-hybridized carbons (Fsp3) is 0.176. The molecule has 0 spiro atoms. The lowest BCUT2D eigenvalue weighted by molar-refractivity contribution is -0.115. The molecule has 0 fully saturated rings. The van der Waals surface area contributed by atoms with Crippen molar-refractivity contribution in [3.8, 4) is 17.0 Å². The molecular weight excluding hydrogens is 328 g/mol. The largest absolute Gasteiger partial charge is 0.491 e. The summed E-state index contributed by atoms with van der Waals surface area (Å²) >= 11 is 1.32. The number of nitrogens with one attached hydrogen (secondary N) is 1. The highest BCUT2D eigenvalue weighted by molar-refractivity contribution is 7.14. The fourth-order valence-corrected chi connectivity index (χ4v) is 2.57. The monoisotopic (exact) mass is 346 g/mol. The molecule has 1 amide bonds. The van der Waals surface area contributed by atoms with E-state index in [9.17, 15) is 4.79 Å². The number of carbonyl (C=O) groups is 1. The third-order valence-electron chi connectivity index (χ3n) is 2.95. The van der Waals surface area contributed by atoms with Gasteiger partial charge in [-0.3, -0.25) is 10.1 Å². The van der Waals surface area contributed by atoms with Crippen LogP contribution >= 0.6 is 11.3 Å². The van der Waals surface area contributed by atoms with E-state index in [1.807, 2.05) is 17.5 Å². The molecule has 24 heavy (non-hydrogen) atoms. The van der Waals surface area contributed by atoms with E-state index in [4.69, 9.17) is 14.6 Å². The minimum atomic E-state index is -0.383. The SMILES string of the molecule is C=C/C=C(\OC)C(=O)Nc1nc(-c2ccc(OCCO)cc2)cs1. The molecule has 2 N–H and O–H groups in total. The van der Waals surface area contributed by atoms with Gasteiger partial charge in [0.2, 0.25) is 0 Å². The first kappa shape index (κ1) is 17.7. The number of anilines is 1. The third-order valence-corrected chi connectivity index (χ3v) is 3.71. The highest BCUT2D eigenvalue weighted by Gasteiger charge is 2.12. The van der Waals surface area contributed by atoms with E-state index in [0.29, 0.717) is 10.9 Å². The molecule has 0 atom stereocenters. The Hall–Kier alpha value is -2.64. The van der Waals surface area contributed by atoms with Crippen LogP contribution in [0.2, 0.25) is 0 Å². The Balaban J connectivity index is 2.06. The van der Waals surface area contributed by atoms with Gasteiger partial charge in [0.25, 0.3) is 5.91 Å². The van der Waals surface area contributed by atoms with E-state index in [-0.39, 0.29) is 24.9 Å². The number of hydrogen-bond donors (Lipinski definition) is 2. The number of aliphatic hydroxyl groups is 1. The number of ether oxygens (including phenoxy) is 2. The van der Waals surface area contributed by atoms with Gasteiger partial charge < -0.3 is 14.6 Å². The fourth-order valence-electron chi connectivity index (χ4n) is 1.85. The second-order valence-electron chi connectivity index (χ2n) is 4.56. The van der Waals surface area contributed by atoms with Gasteiger partial charge in [-0.2, -0.15) is 0 Å². The van der Waals surface area contributed by atoms with Crippen LogP contribution in [0.25, 0.3) is 11.3 Å². The molecule has 0 bridgehead atoms. The zero-order valence-corrected chi connectivity index (χ0v) is 14.0. The summed E-state index contributed by atoms with van der Waals surface area (Å²) in [5.41, 5.74) is 1.65. The molecule has 0 saturated carbocycles. The highest BCUT2D eigenvalue weighted by atomic mass is 32.1. The first-order chi connectivity index (χ1) is 11.7. The van der Waals surface area contributed by atoms with E-state index in [1.165, 1.54) is 30.6 Å². The van der Waals surface area contributed by atoms with Gasteiger partial charge in [-0.15, -0.1) is 11.3 Å². The molecule has 2 aromatic rings. The van der Waals surface area contributed by atoms with Crippen molar-refractivity contribution < 1.29 is 19.4 Å². The molecule has 0 unspecified atom stereocenters. The Morgan fingerprint density at radius 3 is 2.79 bits per heavy atom. The molecule has 126 valence electrons. The second-order valence-corrected chi connectivity index (χ2v) is 5.42. The molecule has 0 saturated heterocycles. The van der Waals surface area contributed by atoms with Gasteiger partial charge in [-0.25, -0.2) is 4.98 Å². The van der Waals surface area contributed by atoms with E-state index in [2.05, 4.69) is 16.9 Å². The van der Waals surface area contributed by atoms with Crippen molar-refractivity contribution >= 4 is 22.4 Å². The average molecular weight is 346 g/mol. The predicted molar refractivity (Wildman–Crippen MR) is 94.0 cm³/mol. The quantitative estimate of drug-likeness (QED) is 0.436. The lowest BCUT2D eigenvalue weighted by Crippen LogP contribution is -2.15. The number of thiazole rings is 1. The van der Waals surface area contributed by atoms with Gasteiger partial charge in [-0.1, -0.05) is 12.7 Å². The summed E-state index contributed by atoms with van der Waals surface area (Å²) in [5, 5.41) is 13.7. The summed E-state index contributed by atoms with van der Waals surface area (Å²) in [5.74, 6) is 0.453. The molecule has 1 aromatic heterocycles. The zero-order valence-electron chi connectivity index (χ0n) is 13.2. The van der Waals surface area contributed by atoms with E-state index in [0.717, 1.165) is 11.3 Å². The Bertz CT molecular complexity index is 722. The van der Waals surface area contributed by atoms with E-state index in [1.54, 1.807) is 12.1 Å². The molecular formula is C17H18N2O4S.